The number of rotatable bonds is 2. The fourth-order valence-corrected chi connectivity index (χ4v) is 2.18. The van der Waals surface area contributed by atoms with E-state index in [0.29, 0.717) is 18.9 Å². The molecule has 0 fully saturated rings. The van der Waals surface area contributed by atoms with Crippen molar-refractivity contribution < 1.29 is 9.53 Å². The van der Waals surface area contributed by atoms with Crippen LogP contribution in [0.4, 0.5) is 0 Å². The number of hydrogen-bond acceptors (Lipinski definition) is 3. The van der Waals surface area contributed by atoms with E-state index < -0.39 is 0 Å². The van der Waals surface area contributed by atoms with Crippen LogP contribution >= 0.6 is 0 Å². The number of benzene rings is 1. The van der Waals surface area contributed by atoms with Crippen LogP contribution in [0.3, 0.4) is 0 Å². The lowest BCUT2D eigenvalue weighted by Crippen LogP contribution is -2.22. The lowest BCUT2D eigenvalue weighted by Gasteiger charge is -2.24. The van der Waals surface area contributed by atoms with E-state index in [1.54, 1.807) is 12.4 Å². The SMILES string of the molecule is O=C(c1ncc[nH]1)C1CCOc2ccccc21. The Morgan fingerprint density at radius 1 is 1.41 bits per heavy atom. The van der Waals surface area contributed by atoms with E-state index in [-0.39, 0.29) is 11.7 Å². The Labute approximate surface area is 98.6 Å². The molecule has 3 rings (SSSR count). The summed E-state index contributed by atoms with van der Waals surface area (Å²) in [6.45, 7) is 0.578. The second-order valence-electron chi connectivity index (χ2n) is 4.03. The first-order valence-electron chi connectivity index (χ1n) is 5.61. The molecule has 1 N–H and O–H groups in total. The second-order valence-corrected chi connectivity index (χ2v) is 4.03. The van der Waals surface area contributed by atoms with Crippen LogP contribution in [0.5, 0.6) is 5.75 Å². The zero-order chi connectivity index (χ0) is 11.7. The molecule has 0 amide bonds. The molecular formula is C13H12N2O2. The quantitative estimate of drug-likeness (QED) is 0.801. The number of nitrogens with zero attached hydrogens (tertiary/aromatic N) is 1. The van der Waals surface area contributed by atoms with Crippen LogP contribution in [-0.4, -0.2) is 22.4 Å². The number of aromatic nitrogens is 2. The Kier molecular flexibility index (Phi) is 2.40. The van der Waals surface area contributed by atoms with Crippen molar-refractivity contribution in [3.8, 4) is 5.75 Å². The van der Waals surface area contributed by atoms with Gasteiger partial charge in [-0.3, -0.25) is 4.79 Å². The number of carbonyl (C=O) groups is 1. The number of imidazole rings is 1. The summed E-state index contributed by atoms with van der Waals surface area (Å²) >= 11 is 0. The van der Waals surface area contributed by atoms with E-state index in [9.17, 15) is 4.79 Å². The predicted octanol–water partition coefficient (Wildman–Crippen LogP) is 2.16. The van der Waals surface area contributed by atoms with E-state index >= 15 is 0 Å². The number of aromatic amines is 1. The number of nitrogens with one attached hydrogen (secondary N) is 1. The molecule has 0 radical (unpaired) electrons. The van der Waals surface area contributed by atoms with Gasteiger partial charge in [0.25, 0.3) is 0 Å². The molecule has 0 saturated heterocycles. The third-order valence-corrected chi connectivity index (χ3v) is 3.01. The highest BCUT2D eigenvalue weighted by molar-refractivity contribution is 5.98. The van der Waals surface area contributed by atoms with Gasteiger partial charge in [-0.2, -0.15) is 0 Å². The van der Waals surface area contributed by atoms with Gasteiger partial charge in [-0.15, -0.1) is 0 Å². The van der Waals surface area contributed by atoms with Gasteiger partial charge in [0, 0.05) is 18.0 Å². The Hall–Kier alpha value is -2.10. The highest BCUT2D eigenvalue weighted by atomic mass is 16.5. The van der Waals surface area contributed by atoms with Gasteiger partial charge in [0.1, 0.15) is 5.75 Å². The molecule has 1 unspecified atom stereocenters. The Balaban J connectivity index is 1.98. The van der Waals surface area contributed by atoms with Crippen LogP contribution in [-0.2, 0) is 0 Å². The number of fused-ring (bicyclic) bond motifs is 1. The topological polar surface area (TPSA) is 55.0 Å². The molecule has 1 aromatic heterocycles. The highest BCUT2D eigenvalue weighted by Gasteiger charge is 2.29. The number of carbonyl (C=O) groups excluding carboxylic acids is 1. The van der Waals surface area contributed by atoms with Gasteiger partial charge in [0.15, 0.2) is 5.82 Å². The number of Topliss-reactive ketones (excluding diaryl/α,β-unsaturated/α-hetero) is 1. The molecule has 1 aromatic carbocycles. The molecule has 2 aromatic rings. The number of ketones is 1. The van der Waals surface area contributed by atoms with Crippen molar-refractivity contribution in [3.63, 3.8) is 0 Å². The van der Waals surface area contributed by atoms with Crippen LogP contribution in [0.1, 0.15) is 28.5 Å². The lowest BCUT2D eigenvalue weighted by atomic mass is 9.89. The predicted molar refractivity (Wildman–Crippen MR) is 62.2 cm³/mol. The number of H-pyrrole nitrogens is 1. The zero-order valence-corrected chi connectivity index (χ0v) is 9.22. The minimum absolute atomic E-state index is 0.0331. The van der Waals surface area contributed by atoms with E-state index in [1.807, 2.05) is 24.3 Å². The highest BCUT2D eigenvalue weighted by Crippen LogP contribution is 2.34. The molecule has 0 saturated carbocycles. The molecule has 4 heteroatoms. The largest absolute Gasteiger partial charge is 0.493 e. The number of para-hydroxylation sites is 1. The summed E-state index contributed by atoms with van der Waals surface area (Å²) in [5.41, 5.74) is 0.958. The van der Waals surface area contributed by atoms with Gasteiger partial charge in [-0.1, -0.05) is 18.2 Å². The Bertz CT molecular complexity index is 534. The molecule has 86 valence electrons. The van der Waals surface area contributed by atoms with E-state index in [2.05, 4.69) is 9.97 Å². The summed E-state index contributed by atoms with van der Waals surface area (Å²) < 4.78 is 5.54. The summed E-state index contributed by atoms with van der Waals surface area (Å²) in [7, 11) is 0. The molecule has 0 bridgehead atoms. The maximum Gasteiger partial charge on any atom is 0.205 e. The molecule has 0 spiro atoms. The average Bonchev–Trinajstić information content (AvgIpc) is 2.91. The van der Waals surface area contributed by atoms with Crippen molar-refractivity contribution in [2.24, 2.45) is 0 Å². The monoisotopic (exact) mass is 228 g/mol. The van der Waals surface area contributed by atoms with Gasteiger partial charge in [-0.05, 0) is 12.5 Å². The first-order chi connectivity index (χ1) is 8.36. The van der Waals surface area contributed by atoms with Crippen LogP contribution in [0.25, 0.3) is 0 Å². The standard InChI is InChI=1S/C13H12N2O2/c16-12(13-14-6-7-15-13)10-5-8-17-11-4-2-1-3-9(10)11/h1-4,6-7,10H,5,8H2,(H,14,15). The molecule has 17 heavy (non-hydrogen) atoms. The minimum Gasteiger partial charge on any atom is -0.493 e. The normalized spacial score (nSPS) is 18.2. The van der Waals surface area contributed by atoms with Gasteiger partial charge in [-0.25, -0.2) is 4.98 Å². The van der Waals surface area contributed by atoms with Gasteiger partial charge < -0.3 is 9.72 Å². The summed E-state index contributed by atoms with van der Waals surface area (Å²) in [5, 5.41) is 0. The summed E-state index contributed by atoms with van der Waals surface area (Å²) in [5.74, 6) is 1.12. The Morgan fingerprint density at radius 2 is 2.29 bits per heavy atom. The summed E-state index contributed by atoms with van der Waals surface area (Å²) in [4.78, 5) is 19.2. The summed E-state index contributed by atoms with van der Waals surface area (Å²) in [6, 6.07) is 7.69. The fourth-order valence-electron chi connectivity index (χ4n) is 2.18. The van der Waals surface area contributed by atoms with Gasteiger partial charge >= 0.3 is 0 Å². The van der Waals surface area contributed by atoms with E-state index in [4.69, 9.17) is 4.74 Å². The lowest BCUT2D eigenvalue weighted by molar-refractivity contribution is 0.0923. The molecule has 4 nitrogen and oxygen atoms in total. The first-order valence-corrected chi connectivity index (χ1v) is 5.61. The maximum atomic E-state index is 12.3. The Morgan fingerprint density at radius 3 is 3.12 bits per heavy atom. The molecule has 2 heterocycles. The summed E-state index contributed by atoms with van der Waals surface area (Å²) in [6.07, 6.45) is 3.97. The fraction of sp³-hybridized carbons (Fsp3) is 0.231. The van der Waals surface area contributed by atoms with Crippen molar-refractivity contribution in [1.29, 1.82) is 0 Å². The van der Waals surface area contributed by atoms with Crippen molar-refractivity contribution in [1.82, 2.24) is 9.97 Å². The van der Waals surface area contributed by atoms with Crippen LogP contribution < -0.4 is 4.74 Å². The van der Waals surface area contributed by atoms with Gasteiger partial charge in [0.05, 0.1) is 12.5 Å². The molecular weight excluding hydrogens is 216 g/mol. The smallest absolute Gasteiger partial charge is 0.205 e. The van der Waals surface area contributed by atoms with Crippen molar-refractivity contribution >= 4 is 5.78 Å². The molecule has 1 atom stereocenters. The van der Waals surface area contributed by atoms with E-state index in [0.717, 1.165) is 11.3 Å². The van der Waals surface area contributed by atoms with Crippen LogP contribution in [0.2, 0.25) is 0 Å². The molecule has 1 aliphatic rings. The first kappa shape index (κ1) is 10.1. The van der Waals surface area contributed by atoms with Crippen molar-refractivity contribution in [3.05, 3.63) is 48.0 Å². The number of hydrogen-bond donors (Lipinski definition) is 1. The third kappa shape index (κ3) is 1.71. The molecule has 1 aliphatic heterocycles. The zero-order valence-electron chi connectivity index (χ0n) is 9.22. The third-order valence-electron chi connectivity index (χ3n) is 3.01. The second kappa shape index (κ2) is 4.05. The van der Waals surface area contributed by atoms with Crippen LogP contribution in [0, 0.1) is 0 Å². The van der Waals surface area contributed by atoms with Crippen LogP contribution in [0.15, 0.2) is 36.7 Å². The van der Waals surface area contributed by atoms with E-state index in [1.165, 1.54) is 0 Å². The number of ether oxygens (including phenoxy) is 1. The van der Waals surface area contributed by atoms with Gasteiger partial charge in [0.2, 0.25) is 5.78 Å². The molecule has 0 aliphatic carbocycles. The maximum absolute atomic E-state index is 12.3. The average molecular weight is 228 g/mol. The van der Waals surface area contributed by atoms with Crippen molar-refractivity contribution in [2.75, 3.05) is 6.61 Å². The van der Waals surface area contributed by atoms with Crippen molar-refractivity contribution in [2.45, 2.75) is 12.3 Å². The minimum atomic E-state index is -0.147.